The van der Waals surface area contributed by atoms with Gasteiger partial charge in [-0.2, -0.15) is 18.4 Å². The van der Waals surface area contributed by atoms with Gasteiger partial charge in [0.05, 0.1) is 26.2 Å². The van der Waals surface area contributed by atoms with Crippen molar-refractivity contribution in [1.29, 1.82) is 0 Å². The number of esters is 1. The standard InChI is InChI=1S/C16H17ClN4O8S/c1-26-12-9-13(27-2)19-15(18-12)20-16(23)21-30(24,25)29-11-6-4-3-5-10(11)14(22)28-8-7-17/h3-6,9H,7-8H2,1-2H3,(H2,18,19,20,21,23). The predicted molar refractivity (Wildman–Crippen MR) is 104 cm³/mol. The lowest BCUT2D eigenvalue weighted by atomic mass is 10.2. The molecule has 0 aliphatic carbocycles. The molecule has 12 nitrogen and oxygen atoms in total. The van der Waals surface area contributed by atoms with E-state index in [1.807, 2.05) is 0 Å². The molecule has 162 valence electrons. The molecule has 0 aliphatic rings. The molecule has 0 spiro atoms. The number of para-hydroxylation sites is 1. The van der Waals surface area contributed by atoms with Crippen LogP contribution in [-0.2, 0) is 15.0 Å². The summed E-state index contributed by atoms with van der Waals surface area (Å²) in [7, 11) is -2.01. The minimum atomic E-state index is -4.68. The molecule has 2 N–H and O–H groups in total. The van der Waals surface area contributed by atoms with E-state index in [0.29, 0.717) is 0 Å². The number of urea groups is 1. The number of carbonyl (C=O) groups is 2. The molecule has 0 saturated carbocycles. The third-order valence-electron chi connectivity index (χ3n) is 3.16. The van der Waals surface area contributed by atoms with Gasteiger partial charge >= 0.3 is 22.3 Å². The molecule has 2 rings (SSSR count). The zero-order chi connectivity index (χ0) is 22.1. The Morgan fingerprint density at radius 3 is 2.33 bits per heavy atom. The highest BCUT2D eigenvalue weighted by molar-refractivity contribution is 7.85. The molecule has 2 amide bonds. The molecule has 0 fully saturated rings. The van der Waals surface area contributed by atoms with E-state index in [9.17, 15) is 18.0 Å². The maximum atomic E-state index is 12.2. The van der Waals surface area contributed by atoms with Gasteiger partial charge in [0.15, 0.2) is 5.75 Å². The Morgan fingerprint density at radius 1 is 1.10 bits per heavy atom. The number of nitrogens with zero attached hydrogens (tertiary/aromatic N) is 2. The van der Waals surface area contributed by atoms with Crippen molar-refractivity contribution in [1.82, 2.24) is 14.7 Å². The SMILES string of the molecule is COc1cc(OC)nc(NC(=O)NS(=O)(=O)Oc2ccccc2C(=O)OCCCl)n1. The smallest absolute Gasteiger partial charge is 0.411 e. The first-order valence-electron chi connectivity index (χ1n) is 8.10. The Labute approximate surface area is 176 Å². The predicted octanol–water partition coefficient (Wildman–Crippen LogP) is 1.33. The van der Waals surface area contributed by atoms with Crippen LogP contribution >= 0.6 is 11.6 Å². The molecule has 1 heterocycles. The Kier molecular flexibility index (Phi) is 8.00. The van der Waals surface area contributed by atoms with Gasteiger partial charge in [0.1, 0.15) is 12.2 Å². The highest BCUT2D eigenvalue weighted by Gasteiger charge is 2.22. The van der Waals surface area contributed by atoms with E-state index in [1.54, 1.807) is 4.72 Å². The average Bonchev–Trinajstić information content (AvgIpc) is 2.71. The highest BCUT2D eigenvalue weighted by Crippen LogP contribution is 2.21. The third kappa shape index (κ3) is 6.63. The number of carbonyl (C=O) groups excluding carboxylic acids is 2. The van der Waals surface area contributed by atoms with Crippen molar-refractivity contribution in [3.05, 3.63) is 35.9 Å². The van der Waals surface area contributed by atoms with E-state index >= 15 is 0 Å². The number of hydrogen-bond donors (Lipinski definition) is 2. The number of benzene rings is 1. The van der Waals surface area contributed by atoms with Crippen molar-refractivity contribution in [3.63, 3.8) is 0 Å². The number of alkyl halides is 1. The van der Waals surface area contributed by atoms with Crippen LogP contribution in [0, 0.1) is 0 Å². The number of amides is 2. The normalized spacial score (nSPS) is 10.6. The molecule has 0 aliphatic heterocycles. The molecule has 0 radical (unpaired) electrons. The molecule has 30 heavy (non-hydrogen) atoms. The van der Waals surface area contributed by atoms with Crippen molar-refractivity contribution >= 4 is 39.9 Å². The largest absolute Gasteiger partial charge is 0.481 e. The Balaban J connectivity index is 2.11. The van der Waals surface area contributed by atoms with Crippen LogP contribution in [0.15, 0.2) is 30.3 Å². The van der Waals surface area contributed by atoms with Crippen molar-refractivity contribution in [3.8, 4) is 17.5 Å². The van der Waals surface area contributed by atoms with Crippen molar-refractivity contribution < 1.29 is 36.4 Å². The molecular weight excluding hydrogens is 444 g/mol. The molecule has 1 aromatic carbocycles. The van der Waals surface area contributed by atoms with Crippen molar-refractivity contribution in [2.24, 2.45) is 0 Å². The van der Waals surface area contributed by atoms with Crippen molar-refractivity contribution in [2.45, 2.75) is 0 Å². The minimum absolute atomic E-state index is 0.0614. The summed E-state index contributed by atoms with van der Waals surface area (Å²) in [5, 5.41) is 2.10. The van der Waals surface area contributed by atoms with Crippen LogP contribution in [0.2, 0.25) is 0 Å². The first-order chi connectivity index (χ1) is 14.3. The number of anilines is 1. The van der Waals surface area contributed by atoms with Gasteiger partial charge in [-0.15, -0.1) is 11.6 Å². The average molecular weight is 461 g/mol. The van der Waals surface area contributed by atoms with Gasteiger partial charge in [-0.05, 0) is 12.1 Å². The van der Waals surface area contributed by atoms with E-state index in [-0.39, 0.29) is 41.5 Å². The fourth-order valence-corrected chi connectivity index (χ4v) is 2.74. The summed E-state index contributed by atoms with van der Waals surface area (Å²) < 4.78 is 45.5. The number of rotatable bonds is 9. The number of ether oxygens (including phenoxy) is 3. The summed E-state index contributed by atoms with van der Waals surface area (Å²) in [6.07, 6.45) is 0. The van der Waals surface area contributed by atoms with E-state index in [0.717, 1.165) is 0 Å². The fraction of sp³-hybridized carbons (Fsp3) is 0.250. The molecule has 0 atom stereocenters. The van der Waals surface area contributed by atoms with Gasteiger partial charge < -0.3 is 18.4 Å². The third-order valence-corrected chi connectivity index (χ3v) is 4.15. The quantitative estimate of drug-likeness (QED) is 0.413. The lowest BCUT2D eigenvalue weighted by molar-refractivity contribution is 0.0527. The minimum Gasteiger partial charge on any atom is -0.481 e. The zero-order valence-electron chi connectivity index (χ0n) is 15.7. The second-order valence-corrected chi connectivity index (χ2v) is 6.85. The summed E-state index contributed by atoms with van der Waals surface area (Å²) in [5.74, 6) is -1.28. The molecule has 0 bridgehead atoms. The number of hydrogen-bond acceptors (Lipinski definition) is 10. The zero-order valence-corrected chi connectivity index (χ0v) is 17.3. The number of aromatic nitrogens is 2. The number of nitrogens with one attached hydrogen (secondary N) is 2. The molecule has 0 unspecified atom stereocenters. The Morgan fingerprint density at radius 2 is 1.73 bits per heavy atom. The van der Waals surface area contributed by atoms with Crippen LogP contribution < -0.4 is 23.7 Å². The first kappa shape index (κ1) is 23.0. The van der Waals surface area contributed by atoms with E-state index < -0.39 is 22.3 Å². The Bertz CT molecular complexity index is 996. The van der Waals surface area contributed by atoms with Crippen LogP contribution in [-0.4, -0.2) is 57.1 Å². The molecule has 14 heteroatoms. The summed E-state index contributed by atoms with van der Waals surface area (Å²) in [6, 6.07) is 5.53. The molecular formula is C16H17ClN4O8S. The summed E-state index contributed by atoms with van der Waals surface area (Å²) in [5.41, 5.74) is -0.172. The van der Waals surface area contributed by atoms with Crippen LogP contribution in [0.25, 0.3) is 0 Å². The van der Waals surface area contributed by atoms with E-state index in [1.165, 1.54) is 44.6 Å². The molecule has 0 saturated heterocycles. The van der Waals surface area contributed by atoms with Gasteiger partial charge in [-0.1, -0.05) is 12.1 Å². The lowest BCUT2D eigenvalue weighted by Crippen LogP contribution is -2.37. The van der Waals surface area contributed by atoms with E-state index in [2.05, 4.69) is 15.3 Å². The van der Waals surface area contributed by atoms with Crippen LogP contribution in [0.5, 0.6) is 17.5 Å². The van der Waals surface area contributed by atoms with Gasteiger partial charge in [-0.3, -0.25) is 5.32 Å². The number of methoxy groups -OCH3 is 2. The van der Waals surface area contributed by atoms with Gasteiger partial charge in [0, 0.05) is 0 Å². The lowest BCUT2D eigenvalue weighted by Gasteiger charge is -2.12. The van der Waals surface area contributed by atoms with Gasteiger partial charge in [0.2, 0.25) is 17.7 Å². The molecule has 2 aromatic rings. The summed E-state index contributed by atoms with van der Waals surface area (Å²) >= 11 is 5.46. The maximum Gasteiger partial charge on any atom is 0.411 e. The topological polar surface area (TPSA) is 155 Å². The Hall–Kier alpha value is -3.32. The first-order valence-corrected chi connectivity index (χ1v) is 10.0. The van der Waals surface area contributed by atoms with Crippen molar-refractivity contribution in [2.75, 3.05) is 32.0 Å². The van der Waals surface area contributed by atoms with Gasteiger partial charge in [-0.25, -0.2) is 14.3 Å². The highest BCUT2D eigenvalue weighted by atomic mass is 35.5. The maximum absolute atomic E-state index is 12.2. The summed E-state index contributed by atoms with van der Waals surface area (Å²) in [4.78, 5) is 31.7. The summed E-state index contributed by atoms with van der Waals surface area (Å²) in [6.45, 7) is -0.0773. The fourth-order valence-electron chi connectivity index (χ4n) is 1.97. The number of halogens is 1. The monoisotopic (exact) mass is 460 g/mol. The molecule has 1 aromatic heterocycles. The van der Waals surface area contributed by atoms with Crippen LogP contribution in [0.3, 0.4) is 0 Å². The second kappa shape index (κ2) is 10.5. The van der Waals surface area contributed by atoms with E-state index in [4.69, 9.17) is 30.0 Å². The second-order valence-electron chi connectivity index (χ2n) is 5.19. The van der Waals surface area contributed by atoms with Gasteiger partial charge in [0.25, 0.3) is 0 Å². The van der Waals surface area contributed by atoms with Crippen LogP contribution in [0.4, 0.5) is 10.7 Å². The van der Waals surface area contributed by atoms with Crippen LogP contribution in [0.1, 0.15) is 10.4 Å².